The van der Waals surface area contributed by atoms with E-state index in [0.717, 1.165) is 19.3 Å². The first-order valence-electron chi connectivity index (χ1n) is 6.19. The summed E-state index contributed by atoms with van der Waals surface area (Å²) in [5.41, 5.74) is 0. The minimum Gasteiger partial charge on any atom is -0.306 e. The Morgan fingerprint density at radius 1 is 1.41 bits per heavy atom. The van der Waals surface area contributed by atoms with Gasteiger partial charge in [-0.15, -0.1) is 0 Å². The van der Waals surface area contributed by atoms with Gasteiger partial charge in [-0.05, 0) is 31.1 Å². The van der Waals surface area contributed by atoms with Crippen molar-refractivity contribution < 1.29 is 13.9 Å². The Morgan fingerprint density at radius 3 is 2.47 bits per heavy atom. The molecule has 0 rings (SSSR count). The molecule has 2 unspecified atom stereocenters. The normalized spacial score (nSPS) is 16.2. The van der Waals surface area contributed by atoms with Gasteiger partial charge >= 0.3 is 6.72 Å². The number of carbonyl (C=O) groups excluding carboxylic acids is 1. The Hall–Kier alpha value is 0.01000. The molecule has 0 N–H and O–H groups in total. The Morgan fingerprint density at radius 2 is 2.06 bits per heavy atom. The number of carbonyl (C=O) groups is 1. The molecule has 0 bridgehead atoms. The van der Waals surface area contributed by atoms with Gasteiger partial charge in [0.15, 0.2) is 0 Å². The van der Waals surface area contributed by atoms with Gasteiger partial charge in [-0.1, -0.05) is 27.2 Å². The molecule has 0 aliphatic heterocycles. The van der Waals surface area contributed by atoms with Crippen LogP contribution in [-0.2, 0) is 13.9 Å². The average molecular weight is 281 g/mol. The van der Waals surface area contributed by atoms with Crippen LogP contribution in [0.3, 0.4) is 0 Å². The van der Waals surface area contributed by atoms with E-state index in [1.807, 2.05) is 20.8 Å². The third-order valence-electron chi connectivity index (χ3n) is 2.36. The van der Waals surface area contributed by atoms with E-state index in [4.69, 9.17) is 4.52 Å². The zero-order valence-electron chi connectivity index (χ0n) is 11.2. The van der Waals surface area contributed by atoms with Crippen molar-refractivity contribution in [2.75, 3.05) is 13.2 Å². The zero-order chi connectivity index (χ0) is 13.3. The molecular weight excluding hydrogens is 257 g/mol. The van der Waals surface area contributed by atoms with Gasteiger partial charge in [-0.25, -0.2) is 0 Å². The minimum absolute atomic E-state index is 0.219. The Labute approximate surface area is 109 Å². The molecule has 17 heavy (non-hydrogen) atoms. The van der Waals surface area contributed by atoms with Crippen molar-refractivity contribution in [3.05, 3.63) is 0 Å². The largest absolute Gasteiger partial charge is 0.355 e. The lowest BCUT2D eigenvalue weighted by atomic mass is 10.3. The maximum Gasteiger partial charge on any atom is 0.355 e. The number of amides is 1. The summed E-state index contributed by atoms with van der Waals surface area (Å²) in [5, 5.41) is 0.219. The molecule has 0 heterocycles. The van der Waals surface area contributed by atoms with Crippen molar-refractivity contribution in [3.63, 3.8) is 0 Å². The first-order chi connectivity index (χ1) is 8.03. The second-order valence-electron chi connectivity index (χ2n) is 3.83. The van der Waals surface area contributed by atoms with Crippen LogP contribution in [0.5, 0.6) is 0 Å². The summed E-state index contributed by atoms with van der Waals surface area (Å²) < 4.78 is 19.4. The molecule has 6 heteroatoms. The summed E-state index contributed by atoms with van der Waals surface area (Å²) in [6.07, 6.45) is 3.37. The van der Waals surface area contributed by atoms with Crippen LogP contribution in [0.15, 0.2) is 0 Å². The van der Waals surface area contributed by atoms with E-state index in [1.54, 1.807) is 6.92 Å². The number of rotatable bonds is 10. The lowest BCUT2D eigenvalue weighted by Gasteiger charge is -2.28. The van der Waals surface area contributed by atoms with Crippen LogP contribution in [-0.4, -0.2) is 29.5 Å². The maximum atomic E-state index is 12.7. The van der Waals surface area contributed by atoms with Crippen LogP contribution in [0.25, 0.3) is 0 Å². The van der Waals surface area contributed by atoms with Crippen LogP contribution >= 0.6 is 18.1 Å². The van der Waals surface area contributed by atoms with Gasteiger partial charge in [0, 0.05) is 11.8 Å². The summed E-state index contributed by atoms with van der Waals surface area (Å²) in [4.78, 5) is 11.1. The summed E-state index contributed by atoms with van der Waals surface area (Å²) in [7, 11) is 0. The van der Waals surface area contributed by atoms with Crippen LogP contribution in [0.1, 0.15) is 47.0 Å². The Balaban J connectivity index is 4.74. The molecule has 0 saturated carbocycles. The first-order valence-corrected chi connectivity index (χ1v) is 9.25. The van der Waals surface area contributed by atoms with E-state index in [0.29, 0.717) is 19.6 Å². The van der Waals surface area contributed by atoms with Gasteiger partial charge in [0.1, 0.15) is 0 Å². The highest BCUT2D eigenvalue weighted by atomic mass is 32.7. The van der Waals surface area contributed by atoms with Gasteiger partial charge in [0.2, 0.25) is 6.41 Å². The highest BCUT2D eigenvalue weighted by Gasteiger charge is 2.32. The fourth-order valence-corrected chi connectivity index (χ4v) is 5.98. The Kier molecular flexibility index (Phi) is 9.01. The second kappa shape index (κ2) is 9.01. The van der Waals surface area contributed by atoms with Gasteiger partial charge in [0.25, 0.3) is 0 Å². The third kappa shape index (κ3) is 5.94. The molecule has 1 amide bonds. The molecule has 4 nitrogen and oxygen atoms in total. The molecule has 0 aromatic heterocycles. The maximum absolute atomic E-state index is 12.7. The van der Waals surface area contributed by atoms with Gasteiger partial charge < -0.3 is 4.52 Å². The summed E-state index contributed by atoms with van der Waals surface area (Å²) in [6, 6.07) is 0. The standard InChI is InChI=1S/C11H24NO3PS/c1-5-8-9-12(10-13)16(14,15-7-3)17-11(4)6-2/h10-11H,5-9H2,1-4H3. The zero-order valence-corrected chi connectivity index (χ0v) is 12.9. The van der Waals surface area contributed by atoms with E-state index in [-0.39, 0.29) is 5.25 Å². The van der Waals surface area contributed by atoms with Crippen molar-refractivity contribution in [1.29, 1.82) is 0 Å². The van der Waals surface area contributed by atoms with Crippen LogP contribution in [0.4, 0.5) is 0 Å². The monoisotopic (exact) mass is 281 g/mol. The average Bonchev–Trinajstić information content (AvgIpc) is 2.30. The van der Waals surface area contributed by atoms with Crippen molar-refractivity contribution in [3.8, 4) is 0 Å². The molecule has 0 aliphatic carbocycles. The minimum atomic E-state index is -3.05. The molecule has 0 radical (unpaired) electrons. The third-order valence-corrected chi connectivity index (χ3v) is 7.65. The molecular formula is C11H24NO3PS. The molecule has 0 aromatic rings. The van der Waals surface area contributed by atoms with Crippen LogP contribution < -0.4 is 0 Å². The SMILES string of the molecule is CCCCN(C=O)P(=O)(OCC)SC(C)CC. The smallest absolute Gasteiger partial charge is 0.306 e. The van der Waals surface area contributed by atoms with Crippen molar-refractivity contribution >= 4 is 24.5 Å². The van der Waals surface area contributed by atoms with E-state index in [2.05, 4.69) is 0 Å². The highest BCUT2D eigenvalue weighted by Crippen LogP contribution is 2.63. The Bertz CT molecular complexity index is 263. The number of nitrogens with zero attached hydrogens (tertiary/aromatic N) is 1. The van der Waals surface area contributed by atoms with Gasteiger partial charge in [-0.2, -0.15) is 0 Å². The molecule has 102 valence electrons. The lowest BCUT2D eigenvalue weighted by Crippen LogP contribution is -2.21. The van der Waals surface area contributed by atoms with E-state index in [9.17, 15) is 9.36 Å². The number of unbranched alkanes of at least 4 members (excludes halogenated alkanes) is 1. The molecule has 0 aromatic carbocycles. The predicted molar refractivity (Wildman–Crippen MR) is 74.3 cm³/mol. The molecule has 0 fully saturated rings. The summed E-state index contributed by atoms with van der Waals surface area (Å²) >= 11 is 1.28. The first kappa shape index (κ1) is 17.0. The summed E-state index contributed by atoms with van der Waals surface area (Å²) in [5.74, 6) is 0. The van der Waals surface area contributed by atoms with Crippen molar-refractivity contribution in [1.82, 2.24) is 4.67 Å². The molecule has 2 atom stereocenters. The fourth-order valence-electron chi connectivity index (χ4n) is 1.18. The second-order valence-corrected chi connectivity index (χ2v) is 8.57. The topological polar surface area (TPSA) is 46.6 Å². The fraction of sp³-hybridized carbons (Fsp3) is 0.909. The van der Waals surface area contributed by atoms with E-state index in [1.165, 1.54) is 16.1 Å². The number of hydrogen-bond donors (Lipinski definition) is 0. The predicted octanol–water partition coefficient (Wildman–Crippen LogP) is 3.92. The van der Waals surface area contributed by atoms with Gasteiger partial charge in [-0.3, -0.25) is 14.0 Å². The van der Waals surface area contributed by atoms with E-state index < -0.39 is 6.72 Å². The lowest BCUT2D eigenvalue weighted by molar-refractivity contribution is -0.114. The van der Waals surface area contributed by atoms with Crippen molar-refractivity contribution in [2.24, 2.45) is 0 Å². The van der Waals surface area contributed by atoms with Crippen LogP contribution in [0.2, 0.25) is 0 Å². The molecule has 0 spiro atoms. The van der Waals surface area contributed by atoms with Crippen molar-refractivity contribution in [2.45, 2.75) is 52.2 Å². The van der Waals surface area contributed by atoms with Crippen LogP contribution in [0, 0.1) is 0 Å². The van der Waals surface area contributed by atoms with E-state index >= 15 is 0 Å². The number of hydrogen-bond acceptors (Lipinski definition) is 4. The molecule has 0 aliphatic rings. The van der Waals surface area contributed by atoms with Gasteiger partial charge in [0.05, 0.1) is 6.61 Å². The quantitative estimate of drug-likeness (QED) is 0.450. The highest BCUT2D eigenvalue weighted by molar-refractivity contribution is 8.56. The summed E-state index contributed by atoms with van der Waals surface area (Å²) in [6.45, 7) is 5.68. The molecule has 0 saturated heterocycles.